The number of amides is 9. The third-order valence-electron chi connectivity index (χ3n) is 22.9. The summed E-state index contributed by atoms with van der Waals surface area (Å²) >= 11 is 0. The maximum atomic E-state index is 15.0. The van der Waals surface area contributed by atoms with Gasteiger partial charge in [0.25, 0.3) is 23.6 Å². The Morgan fingerprint density at radius 2 is 0.489 bits per heavy atom. The van der Waals surface area contributed by atoms with E-state index >= 15 is 0 Å². The Morgan fingerprint density at radius 3 is 0.723 bits per heavy atom. The molecule has 0 aliphatic rings. The number of benzene rings is 9. The molecule has 33 nitrogen and oxygen atoms in total. The summed E-state index contributed by atoms with van der Waals surface area (Å²) in [5.74, 6) is -5.32. The first kappa shape index (κ1) is 111. The Labute approximate surface area is 821 Å². The maximum absolute atomic E-state index is 15.0. The van der Waals surface area contributed by atoms with Crippen LogP contribution < -0.4 is 67.2 Å². The van der Waals surface area contributed by atoms with Crippen LogP contribution >= 0.6 is 0 Å². The summed E-state index contributed by atoms with van der Waals surface area (Å²) in [7, 11) is 5.46. The fraction of sp³-hybridized carbons (Fsp3) is 0.370. The molecule has 0 saturated heterocycles. The van der Waals surface area contributed by atoms with Crippen LogP contribution in [0.5, 0.6) is 23.0 Å². The fourth-order valence-electron chi connectivity index (χ4n) is 14.9. The Kier molecular flexibility index (Phi) is 48.5. The van der Waals surface area contributed by atoms with E-state index in [9.17, 15) is 67.1 Å². The van der Waals surface area contributed by atoms with Gasteiger partial charge in [-0.05, 0) is 182 Å². The van der Waals surface area contributed by atoms with Crippen LogP contribution in [0.4, 0.5) is 24.0 Å². The van der Waals surface area contributed by atoms with Crippen molar-refractivity contribution in [1.82, 2.24) is 42.5 Å². The molecule has 0 radical (unpaired) electrons. The number of hydrogen-bond acceptors (Lipinski definition) is 23. The lowest BCUT2D eigenvalue weighted by Gasteiger charge is -2.21. The Bertz CT molecular complexity index is 5540. The first-order valence-electron chi connectivity index (χ1n) is 47.2. The van der Waals surface area contributed by atoms with Gasteiger partial charge in [0.15, 0.2) is 17.3 Å². The number of unbranched alkanes of at least 4 members (excludes halogenated alkanes) is 5. The van der Waals surface area contributed by atoms with Crippen molar-refractivity contribution in [2.24, 2.45) is 17.6 Å². The molecule has 9 amide bonds. The molecule has 0 spiro atoms. The van der Waals surface area contributed by atoms with E-state index in [1.165, 1.54) is 64.8 Å². The number of hydrogen-bond donors (Lipinski definition) is 10. The first-order valence-corrected chi connectivity index (χ1v) is 47.2. The molecule has 0 bridgehead atoms. The third kappa shape index (κ3) is 41.0. The number of carboxylic acids is 1. The predicted octanol–water partition coefficient (Wildman–Crippen LogP) is 15.5. The molecule has 0 saturated carbocycles. The number of carboxylic acid groups (broad SMARTS) is 1. The molecule has 0 heterocycles. The van der Waals surface area contributed by atoms with Gasteiger partial charge >= 0.3 is 36.4 Å². The summed E-state index contributed by atoms with van der Waals surface area (Å²) in [6.45, 7) is 5.41. The van der Waals surface area contributed by atoms with Crippen molar-refractivity contribution >= 4 is 83.2 Å². The SMILES string of the molecule is COc1ccc(CC(=O)[C@H](CCCCNC(=O)OCc2ccccc2)NC(=O)c2cc(CC(=O)[C@H](CCCCNC(=O)OCc3ccccc3)NC(=O)c3cc(CC(=O)[C@H](CCCCNC(=O)OCc4ccccc4)NC(=O)c4cc(CC(=O)[C@@H](C)CCCCNC(=O)OCc5ccccc5)ccc4OC)ccc3OC)ccc2OC)cc1C(N)=O.C[C@@H](CCCCNC(=O)OCc1ccccc1)C(=O)O. The predicted molar refractivity (Wildman–Crippen MR) is 527 cm³/mol. The molecule has 141 heavy (non-hydrogen) atoms. The normalized spacial score (nSPS) is 11.8. The van der Waals surface area contributed by atoms with Gasteiger partial charge < -0.3 is 96.0 Å². The Balaban J connectivity index is 0.00000108. The van der Waals surface area contributed by atoms with E-state index in [1.807, 2.05) is 159 Å². The number of Topliss-reactive ketones (excluding diaryl/α,β-unsaturated/α-hetero) is 4. The van der Waals surface area contributed by atoms with Crippen LogP contribution in [-0.4, -0.2) is 168 Å². The Hall–Kier alpha value is -15.4. The first-order chi connectivity index (χ1) is 68.2. The number of aliphatic carboxylic acids is 1. The number of carbonyl (C=O) groups excluding carboxylic acids is 13. The molecule has 750 valence electrons. The van der Waals surface area contributed by atoms with E-state index in [0.717, 1.165) is 40.7 Å². The zero-order valence-corrected chi connectivity index (χ0v) is 80.7. The van der Waals surface area contributed by atoms with E-state index in [0.29, 0.717) is 93.1 Å². The van der Waals surface area contributed by atoms with Crippen molar-refractivity contribution in [2.75, 3.05) is 61.2 Å². The molecule has 0 aliphatic heterocycles. The number of nitrogens with two attached hydrogens (primary N) is 1. The van der Waals surface area contributed by atoms with Crippen molar-refractivity contribution in [3.63, 3.8) is 0 Å². The molecular formula is C108H129N9O24. The van der Waals surface area contributed by atoms with Gasteiger partial charge in [-0.25, -0.2) is 24.0 Å². The molecule has 5 atom stereocenters. The van der Waals surface area contributed by atoms with Crippen LogP contribution in [0.2, 0.25) is 0 Å². The van der Waals surface area contributed by atoms with Gasteiger partial charge in [-0.15, -0.1) is 0 Å². The largest absolute Gasteiger partial charge is 0.496 e. The lowest BCUT2D eigenvalue weighted by molar-refractivity contribution is -0.141. The van der Waals surface area contributed by atoms with E-state index < -0.39 is 95.5 Å². The second kappa shape index (κ2) is 61.7. The smallest absolute Gasteiger partial charge is 0.407 e. The summed E-state index contributed by atoms with van der Waals surface area (Å²) in [6, 6.07) is 61.2. The minimum absolute atomic E-state index is 0.0117. The monoisotopic (exact) mass is 1940 g/mol. The summed E-state index contributed by atoms with van der Waals surface area (Å²) in [5.41, 5.74) is 11.5. The van der Waals surface area contributed by atoms with Crippen LogP contribution in [0.25, 0.3) is 0 Å². The van der Waals surface area contributed by atoms with Crippen LogP contribution in [0.3, 0.4) is 0 Å². The summed E-state index contributed by atoms with van der Waals surface area (Å²) in [4.78, 5) is 187. The van der Waals surface area contributed by atoms with Crippen molar-refractivity contribution in [3.05, 3.63) is 297 Å². The number of carbonyl (C=O) groups is 14. The minimum Gasteiger partial charge on any atom is -0.496 e. The molecule has 0 unspecified atom stereocenters. The molecule has 9 aromatic carbocycles. The van der Waals surface area contributed by atoms with Gasteiger partial charge in [0.2, 0.25) is 0 Å². The minimum atomic E-state index is -1.22. The highest BCUT2D eigenvalue weighted by Gasteiger charge is 2.30. The standard InChI is InChI=1S/C93H108N8O20.C15H21NO4/c1-62(26-18-22-46-95-90(110)118-58-63-27-10-6-11-28-63)78(102)54-68-39-43-83(115-3)72(51-68)87(107)100-76(36-20-24-48-97-92(112)120-60-65-31-14-8-15-32-65)80(104)56-70-41-45-85(117-5)74(53-70)89(109)101-77(37-21-25-49-98-93(113)121-61-66-33-16-9-17-34-66)81(105)57-69-40-44-84(116-4)73(52-69)88(108)99-75(79(103)55-67-38-42-82(114-2)71(50-67)86(94)106)35-19-23-47-96-91(111)119-59-64-29-12-7-13-30-64;1-12(14(17)18)7-5-6-10-16-15(19)20-11-13-8-3-2-4-9-13/h6-17,27-34,38-45,50-53,62,75-77H,18-26,35-37,46-49,54-61H2,1-5H3,(H2,94,106)(H,95,110)(H,96,111)(H,97,112)(H,98,113)(H,99,108)(H,100,107)(H,101,109);2-4,8-9,12H,5-7,10-11H2,1H3,(H,16,19)(H,17,18)/t62-,75-,76-,77-;12-/m00/s1. The summed E-state index contributed by atoms with van der Waals surface area (Å²) in [5, 5.41) is 31.0. The van der Waals surface area contributed by atoms with Crippen LogP contribution in [0.1, 0.15) is 202 Å². The molecular weight excluding hydrogens is 1810 g/mol. The van der Waals surface area contributed by atoms with Gasteiger partial charge in [0.1, 0.15) is 61.8 Å². The fourth-order valence-corrected chi connectivity index (χ4v) is 14.9. The number of ether oxygens (including phenoxy) is 9. The molecule has 0 aromatic heterocycles. The zero-order valence-electron chi connectivity index (χ0n) is 80.7. The van der Waals surface area contributed by atoms with Crippen molar-refractivity contribution in [3.8, 4) is 23.0 Å². The molecule has 0 fully saturated rings. The lowest BCUT2D eigenvalue weighted by Crippen LogP contribution is -2.42. The summed E-state index contributed by atoms with van der Waals surface area (Å²) < 4.78 is 48.8. The number of primary amides is 1. The van der Waals surface area contributed by atoms with Crippen molar-refractivity contribution in [2.45, 2.75) is 187 Å². The van der Waals surface area contributed by atoms with E-state index in [2.05, 4.69) is 42.5 Å². The second-order valence-electron chi connectivity index (χ2n) is 33.7. The quantitative estimate of drug-likeness (QED) is 0.0125. The number of alkyl carbamates (subject to hydrolysis) is 5. The topological polar surface area (TPSA) is 465 Å². The Morgan fingerprint density at radius 1 is 0.270 bits per heavy atom. The highest BCUT2D eigenvalue weighted by Crippen LogP contribution is 2.28. The van der Waals surface area contributed by atoms with E-state index in [-0.39, 0.29) is 167 Å². The van der Waals surface area contributed by atoms with Crippen molar-refractivity contribution < 1.29 is 115 Å². The third-order valence-corrected chi connectivity index (χ3v) is 22.9. The van der Waals surface area contributed by atoms with Crippen molar-refractivity contribution in [1.29, 1.82) is 0 Å². The number of rotatable bonds is 59. The molecule has 0 aliphatic carbocycles. The number of nitrogens with one attached hydrogen (secondary N) is 8. The molecule has 11 N–H and O–H groups in total. The van der Waals surface area contributed by atoms with E-state index in [4.69, 9.17) is 53.5 Å². The second-order valence-corrected chi connectivity index (χ2v) is 33.7. The van der Waals surface area contributed by atoms with Gasteiger partial charge in [-0.2, -0.15) is 0 Å². The molecule has 9 rings (SSSR count). The van der Waals surface area contributed by atoms with Gasteiger partial charge in [0.05, 0.1) is 74.7 Å². The lowest BCUT2D eigenvalue weighted by atomic mass is 9.93. The van der Waals surface area contributed by atoms with Gasteiger partial charge in [-0.1, -0.05) is 203 Å². The number of ketones is 4. The average Bonchev–Trinajstić information content (AvgIpc) is 0.826. The van der Waals surface area contributed by atoms with Gasteiger partial charge in [0, 0.05) is 64.3 Å². The highest BCUT2D eigenvalue weighted by atomic mass is 16.6. The van der Waals surface area contributed by atoms with Gasteiger partial charge in [-0.3, -0.25) is 43.2 Å². The maximum Gasteiger partial charge on any atom is 0.407 e. The molecule has 33 heteroatoms. The zero-order chi connectivity index (χ0) is 101. The highest BCUT2D eigenvalue weighted by molar-refractivity contribution is 6.04. The average molecular weight is 1940 g/mol. The van der Waals surface area contributed by atoms with Crippen LogP contribution in [0.15, 0.2) is 224 Å². The summed E-state index contributed by atoms with van der Waals surface area (Å²) in [6.07, 6.45) is 2.38. The molecule has 9 aromatic rings. The van der Waals surface area contributed by atoms with Crippen LogP contribution in [0, 0.1) is 11.8 Å². The van der Waals surface area contributed by atoms with E-state index in [1.54, 1.807) is 43.3 Å². The van der Waals surface area contributed by atoms with Crippen LogP contribution in [-0.2, 0) is 106 Å². The number of methoxy groups -OCH3 is 4.